The highest BCUT2D eigenvalue weighted by molar-refractivity contribution is 6.08. The molecule has 0 fully saturated rings. The summed E-state index contributed by atoms with van der Waals surface area (Å²) in [5.41, 5.74) is 4.03. The van der Waals surface area contributed by atoms with E-state index in [0.717, 1.165) is 40.8 Å². The van der Waals surface area contributed by atoms with Crippen LogP contribution in [-0.4, -0.2) is 0 Å². The molecule has 0 saturated carbocycles. The number of rotatable bonds is 2. The highest BCUT2D eigenvalue weighted by Gasteiger charge is 2.10. The summed E-state index contributed by atoms with van der Waals surface area (Å²) in [6.45, 7) is 0. The number of fused-ring (bicyclic) bond motifs is 3. The Hall–Kier alpha value is -2.48. The predicted octanol–water partition coefficient (Wildman–Crippen LogP) is 5.23. The molecular weight excluding hydrogens is 246 g/mol. The van der Waals surface area contributed by atoms with E-state index in [0.29, 0.717) is 0 Å². The summed E-state index contributed by atoms with van der Waals surface area (Å²) < 4.78 is 6.01. The van der Waals surface area contributed by atoms with Gasteiger partial charge in [-0.25, -0.2) is 0 Å². The molecule has 20 heavy (non-hydrogen) atoms. The topological polar surface area (TPSA) is 25.2 Å². The summed E-state index contributed by atoms with van der Waals surface area (Å²) in [6.07, 6.45) is 8.77. The predicted molar refractivity (Wildman–Crippen MR) is 83.8 cm³/mol. The fourth-order valence-corrected chi connectivity index (χ4v) is 2.71. The van der Waals surface area contributed by atoms with Crippen LogP contribution < -0.4 is 5.32 Å². The first-order valence-electron chi connectivity index (χ1n) is 6.96. The molecule has 0 atom stereocenters. The van der Waals surface area contributed by atoms with Crippen LogP contribution in [-0.2, 0) is 0 Å². The van der Waals surface area contributed by atoms with Crippen molar-refractivity contribution in [1.82, 2.24) is 0 Å². The van der Waals surface area contributed by atoms with Crippen LogP contribution in [0.5, 0.6) is 0 Å². The highest BCUT2D eigenvalue weighted by Crippen LogP contribution is 2.33. The van der Waals surface area contributed by atoms with Crippen molar-refractivity contribution in [2.24, 2.45) is 0 Å². The molecule has 1 aliphatic carbocycles. The lowest BCUT2D eigenvalue weighted by atomic mass is 10.1. The molecule has 0 saturated heterocycles. The van der Waals surface area contributed by atoms with Gasteiger partial charge >= 0.3 is 0 Å². The lowest BCUT2D eigenvalue weighted by Gasteiger charge is -2.10. The maximum Gasteiger partial charge on any atom is 0.158 e. The van der Waals surface area contributed by atoms with E-state index in [9.17, 15) is 0 Å². The van der Waals surface area contributed by atoms with Gasteiger partial charge in [0.25, 0.3) is 0 Å². The number of hydrogen-bond donors (Lipinski definition) is 1. The van der Waals surface area contributed by atoms with Gasteiger partial charge in [0.05, 0.1) is 5.69 Å². The van der Waals surface area contributed by atoms with E-state index >= 15 is 0 Å². The Morgan fingerprint density at radius 3 is 2.70 bits per heavy atom. The molecule has 0 spiro atoms. The molecule has 0 radical (unpaired) electrons. The van der Waals surface area contributed by atoms with Crippen molar-refractivity contribution < 1.29 is 4.42 Å². The van der Waals surface area contributed by atoms with Gasteiger partial charge in [-0.2, -0.15) is 0 Å². The maximum atomic E-state index is 6.01. The number of anilines is 1. The third kappa shape index (κ3) is 1.81. The number of nitrogens with one attached hydrogen (secondary N) is 1. The van der Waals surface area contributed by atoms with E-state index in [2.05, 4.69) is 47.8 Å². The Balaban J connectivity index is 1.87. The van der Waals surface area contributed by atoms with Crippen molar-refractivity contribution in [2.45, 2.75) is 12.8 Å². The Kier molecular flexibility index (Phi) is 2.59. The Labute approximate surface area is 117 Å². The molecule has 1 aliphatic rings. The van der Waals surface area contributed by atoms with E-state index in [4.69, 9.17) is 4.42 Å². The molecular formula is C18H15NO. The molecule has 1 aromatic heterocycles. The fourth-order valence-electron chi connectivity index (χ4n) is 2.71. The minimum atomic E-state index is 0.925. The van der Waals surface area contributed by atoms with E-state index in [1.165, 1.54) is 5.39 Å². The van der Waals surface area contributed by atoms with E-state index in [1.807, 2.05) is 18.2 Å². The van der Waals surface area contributed by atoms with Crippen LogP contribution in [0.4, 0.5) is 5.69 Å². The monoisotopic (exact) mass is 261 g/mol. The number of para-hydroxylation sites is 2. The number of benzene rings is 2. The largest absolute Gasteiger partial charge is 0.454 e. The van der Waals surface area contributed by atoms with Gasteiger partial charge in [-0.15, -0.1) is 0 Å². The van der Waals surface area contributed by atoms with Crippen LogP contribution in [0.3, 0.4) is 0 Å². The maximum absolute atomic E-state index is 6.01. The molecule has 2 heteroatoms. The summed E-state index contributed by atoms with van der Waals surface area (Å²) in [7, 11) is 0. The minimum Gasteiger partial charge on any atom is -0.454 e. The average molecular weight is 261 g/mol. The first-order chi connectivity index (χ1) is 9.92. The van der Waals surface area contributed by atoms with Gasteiger partial charge in [0.15, 0.2) is 5.58 Å². The fraction of sp³-hybridized carbons (Fsp3) is 0.111. The number of furan rings is 1. The van der Waals surface area contributed by atoms with Crippen LogP contribution in [0.15, 0.2) is 70.8 Å². The molecule has 3 aromatic rings. The van der Waals surface area contributed by atoms with Crippen molar-refractivity contribution in [1.29, 1.82) is 0 Å². The normalized spacial score (nSPS) is 14.7. The smallest absolute Gasteiger partial charge is 0.158 e. The lowest BCUT2D eigenvalue weighted by molar-refractivity contribution is 0.670. The van der Waals surface area contributed by atoms with Gasteiger partial charge in [-0.3, -0.25) is 0 Å². The molecule has 2 aromatic carbocycles. The summed E-state index contributed by atoms with van der Waals surface area (Å²) >= 11 is 0. The van der Waals surface area contributed by atoms with Crippen molar-refractivity contribution in [2.75, 3.05) is 5.32 Å². The number of allylic oxidation sites excluding steroid dienone is 3. The Morgan fingerprint density at radius 2 is 1.80 bits per heavy atom. The lowest BCUT2D eigenvalue weighted by Crippen LogP contribution is -1.99. The van der Waals surface area contributed by atoms with E-state index < -0.39 is 0 Å². The molecule has 0 aliphatic heterocycles. The second kappa shape index (κ2) is 4.57. The standard InChI is InChI=1S/C18H15NO/c1-2-7-13(8-3-1)19-16-11-6-10-15-14-9-4-5-12-17(14)20-18(15)16/h2,4-12,19H,1,3H2. The molecule has 1 heterocycles. The first kappa shape index (κ1) is 11.4. The van der Waals surface area contributed by atoms with Crippen LogP contribution in [0.25, 0.3) is 21.9 Å². The van der Waals surface area contributed by atoms with Crippen molar-refractivity contribution >= 4 is 27.6 Å². The van der Waals surface area contributed by atoms with Gasteiger partial charge in [0.2, 0.25) is 0 Å². The van der Waals surface area contributed by atoms with Crippen molar-refractivity contribution in [3.8, 4) is 0 Å². The van der Waals surface area contributed by atoms with Crippen molar-refractivity contribution in [3.05, 3.63) is 66.4 Å². The third-order valence-corrected chi connectivity index (χ3v) is 3.68. The van der Waals surface area contributed by atoms with Gasteiger partial charge in [-0.05, 0) is 31.1 Å². The zero-order chi connectivity index (χ0) is 13.4. The molecule has 98 valence electrons. The molecule has 4 rings (SSSR count). The highest BCUT2D eigenvalue weighted by atomic mass is 16.3. The van der Waals surface area contributed by atoms with Crippen LogP contribution >= 0.6 is 0 Å². The van der Waals surface area contributed by atoms with Crippen LogP contribution in [0, 0.1) is 0 Å². The number of hydrogen-bond acceptors (Lipinski definition) is 2. The molecule has 0 bridgehead atoms. The van der Waals surface area contributed by atoms with Gasteiger partial charge in [-0.1, -0.05) is 42.5 Å². The Morgan fingerprint density at radius 1 is 0.900 bits per heavy atom. The van der Waals surface area contributed by atoms with Crippen molar-refractivity contribution in [3.63, 3.8) is 0 Å². The van der Waals surface area contributed by atoms with Gasteiger partial charge in [0.1, 0.15) is 5.58 Å². The molecule has 2 nitrogen and oxygen atoms in total. The SMILES string of the molecule is C1=CC(Nc2cccc3c2oc2ccccc23)=CCC1. The zero-order valence-electron chi connectivity index (χ0n) is 11.1. The van der Waals surface area contributed by atoms with E-state index in [-0.39, 0.29) is 0 Å². The average Bonchev–Trinajstić information content (AvgIpc) is 2.88. The Bertz CT molecular complexity index is 839. The van der Waals surface area contributed by atoms with E-state index in [1.54, 1.807) is 0 Å². The van der Waals surface area contributed by atoms with Gasteiger partial charge < -0.3 is 9.73 Å². The molecule has 0 amide bonds. The summed E-state index contributed by atoms with van der Waals surface area (Å²) in [5, 5.41) is 5.79. The zero-order valence-corrected chi connectivity index (χ0v) is 11.1. The third-order valence-electron chi connectivity index (χ3n) is 3.68. The minimum absolute atomic E-state index is 0.925. The summed E-state index contributed by atoms with van der Waals surface area (Å²) in [5.74, 6) is 0. The molecule has 0 unspecified atom stereocenters. The van der Waals surface area contributed by atoms with Gasteiger partial charge in [0, 0.05) is 16.5 Å². The second-order valence-electron chi connectivity index (χ2n) is 5.04. The molecule has 1 N–H and O–H groups in total. The quantitative estimate of drug-likeness (QED) is 0.683. The van der Waals surface area contributed by atoms with Crippen LogP contribution in [0.1, 0.15) is 12.8 Å². The van der Waals surface area contributed by atoms with Crippen LogP contribution in [0.2, 0.25) is 0 Å². The summed E-state index contributed by atoms with van der Waals surface area (Å²) in [4.78, 5) is 0. The first-order valence-corrected chi connectivity index (χ1v) is 6.96. The second-order valence-corrected chi connectivity index (χ2v) is 5.04. The summed E-state index contributed by atoms with van der Waals surface area (Å²) in [6, 6.07) is 14.4.